The molecule has 0 spiro atoms. The Bertz CT molecular complexity index is 269. The zero-order chi connectivity index (χ0) is 8.97. The maximum absolute atomic E-state index is 10.7. The van der Waals surface area contributed by atoms with Crippen LogP contribution in [0, 0.1) is 0 Å². The number of hydrogen-bond acceptors (Lipinski definition) is 4. The third-order valence-electron chi connectivity index (χ3n) is 1.50. The van der Waals surface area contributed by atoms with Crippen LogP contribution in [0.5, 0.6) is 0 Å². The Labute approximate surface area is 70.1 Å². The summed E-state index contributed by atoms with van der Waals surface area (Å²) in [5.41, 5.74) is 5.52. The number of carbonyl (C=O) groups is 1. The van der Waals surface area contributed by atoms with Gasteiger partial charge in [0.15, 0.2) is 0 Å². The van der Waals surface area contributed by atoms with Crippen LogP contribution >= 0.6 is 0 Å². The summed E-state index contributed by atoms with van der Waals surface area (Å²) in [7, 11) is 1.36. The van der Waals surface area contributed by atoms with Crippen molar-refractivity contribution in [1.82, 2.24) is 9.78 Å². The van der Waals surface area contributed by atoms with Gasteiger partial charge < -0.3 is 10.5 Å². The summed E-state index contributed by atoms with van der Waals surface area (Å²) in [6.07, 6.45) is 1.88. The number of nitrogen functional groups attached to an aromatic ring is 1. The molecule has 0 aliphatic heterocycles. The number of aromatic nitrogens is 2. The van der Waals surface area contributed by atoms with Crippen molar-refractivity contribution in [1.29, 1.82) is 0 Å². The van der Waals surface area contributed by atoms with Gasteiger partial charge in [-0.05, 0) is 6.07 Å². The van der Waals surface area contributed by atoms with Crippen LogP contribution in [-0.4, -0.2) is 22.9 Å². The number of anilines is 1. The third kappa shape index (κ3) is 1.98. The van der Waals surface area contributed by atoms with Crippen molar-refractivity contribution in [3.8, 4) is 0 Å². The highest BCUT2D eigenvalue weighted by atomic mass is 16.5. The average molecular weight is 169 g/mol. The van der Waals surface area contributed by atoms with E-state index < -0.39 is 0 Å². The molecule has 0 saturated carbocycles. The molecule has 0 unspecified atom stereocenters. The lowest BCUT2D eigenvalue weighted by molar-refractivity contribution is -0.140. The smallest absolute Gasteiger partial charge is 0.307 e. The van der Waals surface area contributed by atoms with Gasteiger partial charge in [0.2, 0.25) is 0 Å². The quantitative estimate of drug-likeness (QED) is 0.648. The van der Waals surface area contributed by atoms with E-state index in [0.717, 1.165) is 0 Å². The fraction of sp³-hybridized carbons (Fsp3) is 0.429. The fourth-order valence-electron chi connectivity index (χ4n) is 0.829. The highest BCUT2D eigenvalue weighted by Crippen LogP contribution is 2.00. The van der Waals surface area contributed by atoms with Crippen LogP contribution in [0.2, 0.25) is 0 Å². The van der Waals surface area contributed by atoms with Crippen LogP contribution in [0.25, 0.3) is 0 Å². The molecule has 5 nitrogen and oxygen atoms in total. The first-order chi connectivity index (χ1) is 5.74. The number of ether oxygens (including phenoxy) is 1. The van der Waals surface area contributed by atoms with E-state index in [2.05, 4.69) is 9.84 Å². The molecule has 0 radical (unpaired) electrons. The summed E-state index contributed by atoms with van der Waals surface area (Å²) in [5, 5.41) is 3.91. The second-order valence-corrected chi connectivity index (χ2v) is 2.31. The third-order valence-corrected chi connectivity index (χ3v) is 1.50. The molecule has 66 valence electrons. The van der Waals surface area contributed by atoms with E-state index in [4.69, 9.17) is 5.73 Å². The highest BCUT2D eigenvalue weighted by Gasteiger charge is 2.02. The first kappa shape index (κ1) is 8.58. The van der Waals surface area contributed by atoms with Gasteiger partial charge in [-0.1, -0.05) is 0 Å². The molecule has 1 rings (SSSR count). The normalized spacial score (nSPS) is 9.75. The van der Waals surface area contributed by atoms with Gasteiger partial charge in [-0.2, -0.15) is 5.10 Å². The molecular formula is C7H11N3O2. The first-order valence-corrected chi connectivity index (χ1v) is 3.58. The van der Waals surface area contributed by atoms with Crippen LogP contribution < -0.4 is 5.73 Å². The van der Waals surface area contributed by atoms with E-state index in [1.165, 1.54) is 7.11 Å². The summed E-state index contributed by atoms with van der Waals surface area (Å²) in [4.78, 5) is 10.7. The number of methoxy groups -OCH3 is 1. The number of esters is 1. The number of rotatable bonds is 3. The molecule has 0 saturated heterocycles. The second-order valence-electron chi connectivity index (χ2n) is 2.31. The minimum absolute atomic E-state index is 0.259. The number of nitrogens with zero attached hydrogens (tertiary/aromatic N) is 2. The molecule has 1 heterocycles. The maximum Gasteiger partial charge on any atom is 0.307 e. The zero-order valence-electron chi connectivity index (χ0n) is 6.86. The molecule has 0 bridgehead atoms. The van der Waals surface area contributed by atoms with Crippen molar-refractivity contribution in [2.45, 2.75) is 13.0 Å². The molecule has 0 aliphatic rings. The number of carbonyl (C=O) groups excluding carboxylic acids is 1. The van der Waals surface area contributed by atoms with Crippen molar-refractivity contribution in [3.63, 3.8) is 0 Å². The summed E-state index contributed by atoms with van der Waals surface area (Å²) in [6, 6.07) is 1.68. The van der Waals surface area contributed by atoms with Gasteiger partial charge in [-0.3, -0.25) is 4.79 Å². The standard InChI is InChI=1S/C7H11N3O2/c1-12-7(11)3-5-10-6(8)2-4-9-10/h2,4H,3,5,8H2,1H3. The van der Waals surface area contributed by atoms with Gasteiger partial charge in [0.05, 0.1) is 26.3 Å². The topological polar surface area (TPSA) is 70.1 Å². The number of aryl methyl sites for hydroxylation is 1. The van der Waals surface area contributed by atoms with Gasteiger partial charge in [-0.15, -0.1) is 0 Å². The van der Waals surface area contributed by atoms with Gasteiger partial charge in [-0.25, -0.2) is 4.68 Å². The zero-order valence-corrected chi connectivity index (χ0v) is 6.86. The summed E-state index contributed by atoms with van der Waals surface area (Å²) >= 11 is 0. The van der Waals surface area contributed by atoms with E-state index >= 15 is 0 Å². The Morgan fingerprint density at radius 3 is 3.08 bits per heavy atom. The molecule has 1 aromatic rings. The predicted octanol–water partition coefficient (Wildman–Crippen LogP) is 0.0284. The van der Waals surface area contributed by atoms with Crippen molar-refractivity contribution in [2.75, 3.05) is 12.8 Å². The van der Waals surface area contributed by atoms with E-state index in [0.29, 0.717) is 18.8 Å². The Kier molecular flexibility index (Phi) is 2.68. The van der Waals surface area contributed by atoms with E-state index in [1.807, 2.05) is 0 Å². The molecule has 12 heavy (non-hydrogen) atoms. The van der Waals surface area contributed by atoms with Crippen molar-refractivity contribution in [2.24, 2.45) is 0 Å². The molecule has 0 fully saturated rings. The maximum atomic E-state index is 10.7. The number of hydrogen-bond donors (Lipinski definition) is 1. The van der Waals surface area contributed by atoms with Gasteiger partial charge in [0.25, 0.3) is 0 Å². The van der Waals surface area contributed by atoms with Gasteiger partial charge in [0.1, 0.15) is 5.82 Å². The van der Waals surface area contributed by atoms with Crippen molar-refractivity contribution >= 4 is 11.8 Å². The van der Waals surface area contributed by atoms with Crippen LogP contribution in [-0.2, 0) is 16.1 Å². The molecular weight excluding hydrogens is 158 g/mol. The molecule has 1 aromatic heterocycles. The van der Waals surface area contributed by atoms with Gasteiger partial charge in [0, 0.05) is 0 Å². The Morgan fingerprint density at radius 1 is 1.83 bits per heavy atom. The largest absolute Gasteiger partial charge is 0.469 e. The minimum Gasteiger partial charge on any atom is -0.469 e. The lowest BCUT2D eigenvalue weighted by Gasteiger charge is -2.01. The van der Waals surface area contributed by atoms with Gasteiger partial charge >= 0.3 is 5.97 Å². The fourth-order valence-corrected chi connectivity index (χ4v) is 0.829. The number of nitrogens with two attached hydrogens (primary N) is 1. The Hall–Kier alpha value is -1.52. The first-order valence-electron chi connectivity index (χ1n) is 3.58. The van der Waals surface area contributed by atoms with Crippen molar-refractivity contribution < 1.29 is 9.53 Å². The molecule has 0 aromatic carbocycles. The minimum atomic E-state index is -0.259. The molecule has 5 heteroatoms. The summed E-state index contributed by atoms with van der Waals surface area (Å²) < 4.78 is 6.02. The Balaban J connectivity index is 2.43. The highest BCUT2D eigenvalue weighted by molar-refractivity contribution is 5.69. The van der Waals surface area contributed by atoms with Crippen LogP contribution in [0.15, 0.2) is 12.3 Å². The van der Waals surface area contributed by atoms with E-state index in [1.54, 1.807) is 16.9 Å². The molecule has 2 N–H and O–H groups in total. The SMILES string of the molecule is COC(=O)CCn1nccc1N. The van der Waals surface area contributed by atoms with Crippen molar-refractivity contribution in [3.05, 3.63) is 12.3 Å². The summed E-state index contributed by atoms with van der Waals surface area (Å²) in [6.45, 7) is 0.464. The summed E-state index contributed by atoms with van der Waals surface area (Å²) in [5.74, 6) is 0.295. The monoisotopic (exact) mass is 169 g/mol. The second kappa shape index (κ2) is 3.75. The lowest BCUT2D eigenvalue weighted by Crippen LogP contribution is -2.09. The average Bonchev–Trinajstić information content (AvgIpc) is 2.47. The molecule has 0 aliphatic carbocycles. The van der Waals surface area contributed by atoms with Crippen LogP contribution in [0.3, 0.4) is 0 Å². The van der Waals surface area contributed by atoms with Crippen LogP contribution in [0.4, 0.5) is 5.82 Å². The molecule has 0 atom stereocenters. The van der Waals surface area contributed by atoms with E-state index in [-0.39, 0.29) is 5.97 Å². The van der Waals surface area contributed by atoms with Crippen LogP contribution in [0.1, 0.15) is 6.42 Å². The molecule has 0 amide bonds. The van der Waals surface area contributed by atoms with E-state index in [9.17, 15) is 4.79 Å². The predicted molar refractivity (Wildman–Crippen MR) is 43.3 cm³/mol. The Morgan fingerprint density at radius 2 is 2.58 bits per heavy atom. The lowest BCUT2D eigenvalue weighted by atomic mass is 10.4.